The number of anilines is 4. The number of aromatic nitrogens is 4. The number of carbonyl (C=O) groups is 1. The van der Waals surface area contributed by atoms with Gasteiger partial charge < -0.3 is 32.0 Å². The lowest BCUT2D eigenvalue weighted by atomic mass is 9.96. The number of amides is 1. The van der Waals surface area contributed by atoms with E-state index in [1.54, 1.807) is 18.2 Å². The van der Waals surface area contributed by atoms with Crippen molar-refractivity contribution < 1.29 is 9.18 Å². The Bertz CT molecular complexity index is 1400. The third kappa shape index (κ3) is 5.73. The molecule has 4 aromatic rings. The minimum absolute atomic E-state index is 0.0630. The number of nitrogens with one attached hydrogen (secondary N) is 3. The van der Waals surface area contributed by atoms with E-state index in [1.165, 1.54) is 12.3 Å². The van der Waals surface area contributed by atoms with E-state index in [4.69, 9.17) is 11.5 Å². The largest absolute Gasteiger partial charge is 0.368 e. The lowest BCUT2D eigenvalue weighted by Crippen LogP contribution is -2.37. The van der Waals surface area contributed by atoms with Crippen molar-refractivity contribution in [3.8, 4) is 11.4 Å². The third-order valence-corrected chi connectivity index (χ3v) is 6.63. The van der Waals surface area contributed by atoms with Gasteiger partial charge in [0.2, 0.25) is 5.95 Å². The highest BCUT2D eigenvalue weighted by Crippen LogP contribution is 2.32. The molecule has 0 bridgehead atoms. The summed E-state index contributed by atoms with van der Waals surface area (Å²) in [6, 6.07) is 16.3. The zero-order valence-electron chi connectivity index (χ0n) is 20.8. The Labute approximate surface area is 219 Å². The normalized spacial score (nSPS) is 13.9. The molecule has 38 heavy (non-hydrogen) atoms. The zero-order valence-corrected chi connectivity index (χ0v) is 20.8. The summed E-state index contributed by atoms with van der Waals surface area (Å²) in [4.78, 5) is 30.7. The van der Waals surface area contributed by atoms with E-state index in [0.29, 0.717) is 60.7 Å². The van der Waals surface area contributed by atoms with Gasteiger partial charge in [-0.05, 0) is 43.0 Å². The van der Waals surface area contributed by atoms with Gasteiger partial charge in [-0.15, -0.1) is 0 Å². The first-order valence-electron chi connectivity index (χ1n) is 12.5. The first-order valence-corrected chi connectivity index (χ1v) is 12.5. The van der Waals surface area contributed by atoms with Crippen LogP contribution in [0.4, 0.5) is 27.5 Å². The molecule has 10 nitrogen and oxygen atoms in total. The van der Waals surface area contributed by atoms with E-state index >= 15 is 0 Å². The molecule has 1 fully saturated rings. The number of halogens is 1. The second-order valence-corrected chi connectivity index (χ2v) is 9.24. The number of hydrogen-bond acceptors (Lipinski definition) is 8. The Morgan fingerprint density at radius 2 is 1.89 bits per heavy atom. The Balaban J connectivity index is 1.31. The van der Waals surface area contributed by atoms with Crippen LogP contribution in [0.5, 0.6) is 0 Å². The SMILES string of the molecule is NCC1CCN(c2c(F)cccc2NC(=O)c2ncc(-c3cc(NCc4ccccc4)nc(N)n3)[nH]2)CC1. The van der Waals surface area contributed by atoms with Crippen molar-refractivity contribution in [1.29, 1.82) is 0 Å². The highest BCUT2D eigenvalue weighted by Gasteiger charge is 2.24. The highest BCUT2D eigenvalue weighted by molar-refractivity contribution is 6.04. The molecule has 1 saturated heterocycles. The molecule has 0 radical (unpaired) electrons. The van der Waals surface area contributed by atoms with Crippen molar-refractivity contribution >= 4 is 29.0 Å². The molecule has 2 aromatic heterocycles. The monoisotopic (exact) mass is 515 g/mol. The molecule has 0 atom stereocenters. The molecule has 0 spiro atoms. The Morgan fingerprint density at radius 1 is 1.11 bits per heavy atom. The van der Waals surface area contributed by atoms with Crippen LogP contribution in [0.2, 0.25) is 0 Å². The zero-order chi connectivity index (χ0) is 26.5. The van der Waals surface area contributed by atoms with Crippen LogP contribution >= 0.6 is 0 Å². The van der Waals surface area contributed by atoms with Gasteiger partial charge in [-0.25, -0.2) is 14.4 Å². The maximum Gasteiger partial charge on any atom is 0.291 e. The van der Waals surface area contributed by atoms with Gasteiger partial charge >= 0.3 is 0 Å². The first-order chi connectivity index (χ1) is 18.5. The summed E-state index contributed by atoms with van der Waals surface area (Å²) in [5.74, 6) is 0.238. The van der Waals surface area contributed by atoms with Crippen LogP contribution in [-0.4, -0.2) is 45.5 Å². The summed E-state index contributed by atoms with van der Waals surface area (Å²) >= 11 is 0. The van der Waals surface area contributed by atoms with Crippen molar-refractivity contribution in [2.75, 3.05) is 40.9 Å². The van der Waals surface area contributed by atoms with Crippen LogP contribution in [0, 0.1) is 11.7 Å². The van der Waals surface area contributed by atoms with E-state index in [-0.39, 0.29) is 17.6 Å². The van der Waals surface area contributed by atoms with Crippen molar-refractivity contribution in [3.05, 3.63) is 78.0 Å². The molecule has 1 aliphatic heterocycles. The Kier molecular flexibility index (Phi) is 7.45. The average molecular weight is 516 g/mol. The number of para-hydroxylation sites is 1. The van der Waals surface area contributed by atoms with Crippen LogP contribution < -0.4 is 27.0 Å². The minimum atomic E-state index is -0.496. The standard InChI is InChI=1S/C27H30FN9O/c28-19-7-4-8-20(24(19)37-11-9-17(14-29)10-12-37)34-26(38)25-32-16-22(33-25)21-13-23(36-27(30)35-21)31-15-18-5-2-1-3-6-18/h1-8,13,16-17H,9-12,14-15,29H2,(H,32,33)(H,34,38)(H3,30,31,35,36). The van der Waals surface area contributed by atoms with E-state index in [0.717, 1.165) is 18.4 Å². The summed E-state index contributed by atoms with van der Waals surface area (Å²) in [7, 11) is 0. The van der Waals surface area contributed by atoms with Crippen molar-refractivity contribution in [2.45, 2.75) is 19.4 Å². The smallest absolute Gasteiger partial charge is 0.291 e. The van der Waals surface area contributed by atoms with Crippen molar-refractivity contribution in [3.63, 3.8) is 0 Å². The van der Waals surface area contributed by atoms with Gasteiger partial charge in [0.25, 0.3) is 5.91 Å². The maximum atomic E-state index is 14.9. The molecule has 7 N–H and O–H groups in total. The van der Waals surface area contributed by atoms with Crippen molar-refractivity contribution in [2.24, 2.45) is 11.7 Å². The summed E-state index contributed by atoms with van der Waals surface area (Å²) in [5, 5.41) is 6.04. The Morgan fingerprint density at radius 3 is 2.66 bits per heavy atom. The number of piperidine rings is 1. The van der Waals surface area contributed by atoms with Gasteiger partial charge in [-0.2, -0.15) is 4.98 Å². The van der Waals surface area contributed by atoms with E-state index < -0.39 is 5.91 Å². The molecule has 0 saturated carbocycles. The fraction of sp³-hybridized carbons (Fsp3) is 0.259. The number of aromatic amines is 1. The van der Waals surface area contributed by atoms with Gasteiger partial charge in [0.05, 0.1) is 29.0 Å². The van der Waals surface area contributed by atoms with E-state index in [2.05, 4.69) is 30.6 Å². The Hall–Kier alpha value is -4.51. The van der Waals surface area contributed by atoms with Crippen molar-refractivity contribution in [1.82, 2.24) is 19.9 Å². The van der Waals surface area contributed by atoms with Crippen LogP contribution in [-0.2, 0) is 6.54 Å². The van der Waals surface area contributed by atoms with Gasteiger partial charge in [0, 0.05) is 25.7 Å². The average Bonchev–Trinajstić information content (AvgIpc) is 3.43. The van der Waals surface area contributed by atoms with E-state index in [1.807, 2.05) is 35.2 Å². The number of H-pyrrole nitrogens is 1. The third-order valence-electron chi connectivity index (χ3n) is 6.63. The number of hydrogen-bond donors (Lipinski definition) is 5. The summed E-state index contributed by atoms with van der Waals surface area (Å²) < 4.78 is 14.9. The van der Waals surface area contributed by atoms with Crippen LogP contribution in [0.1, 0.15) is 29.0 Å². The fourth-order valence-corrected chi connectivity index (χ4v) is 4.56. The fourth-order valence-electron chi connectivity index (χ4n) is 4.56. The summed E-state index contributed by atoms with van der Waals surface area (Å²) in [5.41, 5.74) is 14.6. The number of benzene rings is 2. The van der Waals surface area contributed by atoms with E-state index in [9.17, 15) is 9.18 Å². The van der Waals surface area contributed by atoms with Gasteiger partial charge in [-0.1, -0.05) is 36.4 Å². The molecule has 0 unspecified atom stereocenters. The summed E-state index contributed by atoms with van der Waals surface area (Å²) in [6.07, 6.45) is 3.26. The summed E-state index contributed by atoms with van der Waals surface area (Å²) in [6.45, 7) is 2.53. The predicted molar refractivity (Wildman–Crippen MR) is 146 cm³/mol. The lowest BCUT2D eigenvalue weighted by Gasteiger charge is -2.34. The number of carbonyl (C=O) groups excluding carboxylic acids is 1. The predicted octanol–water partition coefficient (Wildman–Crippen LogP) is 3.63. The van der Waals surface area contributed by atoms with Gasteiger partial charge in [-0.3, -0.25) is 4.79 Å². The quantitative estimate of drug-likeness (QED) is 0.239. The first kappa shape index (κ1) is 25.2. The molecule has 3 heterocycles. The number of rotatable bonds is 8. The molecular formula is C27H30FN9O. The number of nitrogens with zero attached hydrogens (tertiary/aromatic N) is 4. The van der Waals surface area contributed by atoms with Crippen LogP contribution in [0.15, 0.2) is 60.8 Å². The molecule has 11 heteroatoms. The molecule has 0 aliphatic carbocycles. The number of imidazole rings is 1. The second kappa shape index (κ2) is 11.3. The lowest BCUT2D eigenvalue weighted by molar-refractivity contribution is 0.101. The topological polar surface area (TPSA) is 151 Å². The molecule has 196 valence electrons. The maximum absolute atomic E-state index is 14.9. The van der Waals surface area contributed by atoms with Gasteiger partial charge in [0.1, 0.15) is 11.6 Å². The van der Waals surface area contributed by atoms with Crippen LogP contribution in [0.3, 0.4) is 0 Å². The molecule has 1 amide bonds. The molecule has 1 aliphatic rings. The molecule has 2 aromatic carbocycles. The highest BCUT2D eigenvalue weighted by atomic mass is 19.1. The van der Waals surface area contributed by atoms with Crippen LogP contribution in [0.25, 0.3) is 11.4 Å². The second-order valence-electron chi connectivity index (χ2n) is 9.24. The van der Waals surface area contributed by atoms with Gasteiger partial charge in [0.15, 0.2) is 5.82 Å². The molecule has 5 rings (SSSR count). The number of nitrogen functional groups attached to an aromatic ring is 1. The minimum Gasteiger partial charge on any atom is -0.368 e. The number of nitrogens with two attached hydrogens (primary N) is 2. The molecular weight excluding hydrogens is 485 g/mol.